The van der Waals surface area contributed by atoms with E-state index in [2.05, 4.69) is 32.9 Å². The second-order valence-corrected chi connectivity index (χ2v) is 11.0. The van der Waals surface area contributed by atoms with Crippen LogP contribution in [-0.4, -0.2) is 39.3 Å². The van der Waals surface area contributed by atoms with Crippen LogP contribution in [0.5, 0.6) is 0 Å². The topological polar surface area (TPSA) is 53.0 Å². The van der Waals surface area contributed by atoms with Gasteiger partial charge >= 0.3 is 0 Å². The summed E-state index contributed by atoms with van der Waals surface area (Å²) in [6, 6.07) is 9.81. The number of fused-ring (bicyclic) bond motifs is 1. The highest BCUT2D eigenvalue weighted by molar-refractivity contribution is 8.13. The number of hydrogen-bond acceptors (Lipinski definition) is 4. The quantitative estimate of drug-likeness (QED) is 0.491. The molecule has 2 aliphatic heterocycles. The number of thioether (sulfide) groups is 1. The van der Waals surface area contributed by atoms with Crippen molar-refractivity contribution in [2.75, 3.05) is 12.3 Å². The first-order valence-corrected chi connectivity index (χ1v) is 12.5. The molecule has 3 fully saturated rings. The van der Waals surface area contributed by atoms with Crippen molar-refractivity contribution in [3.05, 3.63) is 42.5 Å². The van der Waals surface area contributed by atoms with Crippen LogP contribution in [-0.2, 0) is 9.59 Å². The number of hydrogen-bond donors (Lipinski definition) is 0. The zero-order chi connectivity index (χ0) is 21.8. The summed E-state index contributed by atoms with van der Waals surface area (Å²) in [5, 5.41) is 4.14. The third kappa shape index (κ3) is 3.09. The summed E-state index contributed by atoms with van der Waals surface area (Å²) in [5.41, 5.74) is 0.388. The normalized spacial score (nSPS) is 36.5. The second kappa shape index (κ2) is 7.51. The number of rotatable bonds is 3. The van der Waals surface area contributed by atoms with Crippen molar-refractivity contribution in [2.24, 2.45) is 33.6 Å². The zero-order valence-electron chi connectivity index (χ0n) is 18.6. The minimum absolute atomic E-state index is 0.0257. The van der Waals surface area contributed by atoms with Crippen molar-refractivity contribution < 1.29 is 9.59 Å². The predicted molar refractivity (Wildman–Crippen MR) is 125 cm³/mol. The fourth-order valence-corrected chi connectivity index (χ4v) is 7.06. The molecule has 2 saturated heterocycles. The Balaban J connectivity index is 1.57. The Morgan fingerprint density at radius 1 is 1.03 bits per heavy atom. The van der Waals surface area contributed by atoms with Crippen LogP contribution in [0, 0.1) is 28.6 Å². The van der Waals surface area contributed by atoms with Crippen molar-refractivity contribution in [1.82, 2.24) is 10.0 Å². The van der Waals surface area contributed by atoms with Crippen molar-refractivity contribution in [2.45, 2.75) is 46.5 Å². The number of allylic oxidation sites excluding steroid dienone is 2. The summed E-state index contributed by atoms with van der Waals surface area (Å²) in [7, 11) is 0. The van der Waals surface area contributed by atoms with E-state index in [0.29, 0.717) is 12.5 Å². The lowest BCUT2D eigenvalue weighted by molar-refractivity contribution is -0.153. The van der Waals surface area contributed by atoms with Gasteiger partial charge in [0, 0.05) is 17.7 Å². The van der Waals surface area contributed by atoms with Crippen LogP contribution < -0.4 is 0 Å². The maximum absolute atomic E-state index is 14.0. The average molecular weight is 438 g/mol. The minimum atomic E-state index is -0.271. The van der Waals surface area contributed by atoms with E-state index in [1.54, 1.807) is 11.8 Å². The van der Waals surface area contributed by atoms with E-state index in [1.807, 2.05) is 35.3 Å². The maximum atomic E-state index is 14.0. The van der Waals surface area contributed by atoms with Crippen LogP contribution in [0.25, 0.3) is 0 Å². The molecule has 2 bridgehead atoms. The lowest BCUT2D eigenvalue weighted by Gasteiger charge is -2.55. The molecule has 1 aromatic rings. The first-order chi connectivity index (χ1) is 14.9. The van der Waals surface area contributed by atoms with E-state index in [0.717, 1.165) is 42.3 Å². The second-order valence-electron chi connectivity index (χ2n) is 9.96. The maximum Gasteiger partial charge on any atom is 0.253 e. The smallest absolute Gasteiger partial charge is 0.253 e. The first kappa shape index (κ1) is 20.8. The van der Waals surface area contributed by atoms with Gasteiger partial charge in [0.05, 0.1) is 17.5 Å². The number of aliphatic imine (C=N–C) groups is 1. The average Bonchev–Trinajstić information content (AvgIpc) is 2.90. The molecule has 0 unspecified atom stereocenters. The lowest BCUT2D eigenvalue weighted by atomic mass is 9.46. The standard InChI is InChI=1S/C25H31N3O2S/c1-17(2)25-13-11-24(3,12-14-25)19-20(25)22(30)28(21(19)29)27-15-7-8-16-31-23(27)26-18-9-5-4-6-10-18/h4-6,9-11,13,17,19-20H,7-8,12,14-16H2,1-3H3/t19-,20+,24-,25+/m1/s1. The molecular formula is C25H31N3O2S. The van der Waals surface area contributed by atoms with Gasteiger partial charge in [0.1, 0.15) is 0 Å². The van der Waals surface area contributed by atoms with E-state index >= 15 is 0 Å². The van der Waals surface area contributed by atoms with Gasteiger partial charge in [0.2, 0.25) is 0 Å². The predicted octanol–water partition coefficient (Wildman–Crippen LogP) is 5.03. The monoisotopic (exact) mass is 437 g/mol. The molecule has 31 heavy (non-hydrogen) atoms. The van der Waals surface area contributed by atoms with Crippen LogP contribution in [0.3, 0.4) is 0 Å². The van der Waals surface area contributed by atoms with Gasteiger partial charge in [-0.1, -0.05) is 62.9 Å². The van der Waals surface area contributed by atoms with Gasteiger partial charge in [0.25, 0.3) is 11.8 Å². The molecule has 0 spiro atoms. The van der Waals surface area contributed by atoms with Gasteiger partial charge in [-0.15, -0.1) is 0 Å². The summed E-state index contributed by atoms with van der Waals surface area (Å²) in [4.78, 5) is 32.7. The van der Waals surface area contributed by atoms with Crippen molar-refractivity contribution in [1.29, 1.82) is 0 Å². The Morgan fingerprint density at radius 3 is 2.45 bits per heavy atom. The van der Waals surface area contributed by atoms with Crippen LogP contribution in [0.15, 0.2) is 47.5 Å². The minimum Gasteiger partial charge on any atom is -0.272 e. The number of imide groups is 1. The molecular weight excluding hydrogens is 406 g/mol. The Bertz CT molecular complexity index is 959. The van der Waals surface area contributed by atoms with E-state index in [4.69, 9.17) is 4.99 Å². The number of carbonyl (C=O) groups is 2. The van der Waals surface area contributed by atoms with Gasteiger partial charge < -0.3 is 0 Å². The molecule has 4 atom stereocenters. The molecule has 2 heterocycles. The molecule has 164 valence electrons. The van der Waals surface area contributed by atoms with Crippen LogP contribution in [0.4, 0.5) is 5.69 Å². The number of amidine groups is 1. The molecule has 5 aliphatic rings. The van der Waals surface area contributed by atoms with Gasteiger partial charge in [-0.2, -0.15) is 5.01 Å². The Hall–Kier alpha value is -2.08. The first-order valence-electron chi connectivity index (χ1n) is 11.5. The number of carbonyl (C=O) groups excluding carboxylic acids is 2. The van der Waals surface area contributed by atoms with Gasteiger partial charge in [-0.3, -0.25) is 14.6 Å². The summed E-state index contributed by atoms with van der Waals surface area (Å²) in [6.45, 7) is 7.20. The molecule has 1 saturated carbocycles. The molecule has 2 amide bonds. The molecule has 3 aliphatic carbocycles. The van der Waals surface area contributed by atoms with Crippen molar-refractivity contribution in [3.63, 3.8) is 0 Å². The third-order valence-corrected chi connectivity index (χ3v) is 9.01. The molecule has 0 aromatic heterocycles. The SMILES string of the molecule is CC(C)[C@]12C=C[C@](C)(CC1)[C@H]1C(=O)N(N3CCCCSC3=Nc3ccccc3)C(=O)[C@H]12. The Kier molecular flexibility index (Phi) is 5.04. The molecule has 0 radical (unpaired) electrons. The zero-order valence-corrected chi connectivity index (χ0v) is 19.4. The van der Waals surface area contributed by atoms with Crippen LogP contribution in [0.1, 0.15) is 46.5 Å². The number of nitrogens with zero attached hydrogens (tertiary/aromatic N) is 3. The summed E-state index contributed by atoms with van der Waals surface area (Å²) < 4.78 is 0. The Labute approximate surface area is 188 Å². The molecule has 6 heteroatoms. The molecule has 1 aromatic carbocycles. The fraction of sp³-hybridized carbons (Fsp3) is 0.560. The van der Waals surface area contributed by atoms with E-state index in [-0.39, 0.29) is 34.5 Å². The number of para-hydroxylation sites is 1. The largest absolute Gasteiger partial charge is 0.272 e. The number of benzene rings is 1. The fourth-order valence-electron chi connectivity index (χ4n) is 6.04. The van der Waals surface area contributed by atoms with Gasteiger partial charge in [-0.25, -0.2) is 4.99 Å². The number of amides is 2. The van der Waals surface area contributed by atoms with Crippen molar-refractivity contribution >= 4 is 34.4 Å². The van der Waals surface area contributed by atoms with Crippen LogP contribution in [0.2, 0.25) is 0 Å². The van der Waals surface area contributed by atoms with Gasteiger partial charge in [-0.05, 0) is 49.1 Å². The Morgan fingerprint density at radius 2 is 1.77 bits per heavy atom. The van der Waals surface area contributed by atoms with E-state index in [1.165, 1.54) is 5.01 Å². The highest BCUT2D eigenvalue weighted by atomic mass is 32.2. The molecule has 6 rings (SSSR count). The molecule has 0 N–H and O–H groups in total. The summed E-state index contributed by atoms with van der Waals surface area (Å²) >= 11 is 1.65. The van der Waals surface area contributed by atoms with E-state index in [9.17, 15) is 9.59 Å². The highest BCUT2D eigenvalue weighted by Crippen LogP contribution is 2.64. The lowest BCUT2D eigenvalue weighted by Crippen LogP contribution is -2.53. The number of hydrazine groups is 1. The summed E-state index contributed by atoms with van der Waals surface area (Å²) in [5.74, 6) is 0.661. The van der Waals surface area contributed by atoms with Gasteiger partial charge in [0.15, 0.2) is 5.17 Å². The van der Waals surface area contributed by atoms with Crippen molar-refractivity contribution in [3.8, 4) is 0 Å². The van der Waals surface area contributed by atoms with Crippen LogP contribution >= 0.6 is 11.8 Å². The third-order valence-electron chi connectivity index (χ3n) is 7.96. The molecule has 5 nitrogen and oxygen atoms in total. The summed E-state index contributed by atoms with van der Waals surface area (Å²) in [6.07, 6.45) is 8.45. The highest BCUT2D eigenvalue weighted by Gasteiger charge is 2.68. The van der Waals surface area contributed by atoms with E-state index < -0.39 is 0 Å².